The molecule has 0 radical (unpaired) electrons. The third-order valence-electron chi connectivity index (χ3n) is 28.7. The Morgan fingerprint density at radius 3 is 1.54 bits per heavy atom. The molecule has 0 amide bonds. The van der Waals surface area contributed by atoms with Crippen LogP contribution in [0.1, 0.15) is 302 Å². The highest BCUT2D eigenvalue weighted by atomic mass is 16.3. The van der Waals surface area contributed by atoms with Crippen molar-refractivity contribution < 1.29 is 8.83 Å². The number of fused-ring (bicyclic) bond motifs is 24. The SMILES string of the molecule is CCCCCCCC12CCC(CCCCC)(CCCCC)CCC3(CCCCCCC)c4ccccc4-c4c3c1c(c1oc3ccccc3c41)-c1ccc(CC(Cc3cccc4c3-c3ccccc3C4(C)C)c3ccc4c(c3)C(C)(C)c3cc5c(cc3-4)C(C)(C)c3ccc4oc6ccccc6c4c3-5)cc12. The van der Waals surface area contributed by atoms with E-state index in [1.54, 1.807) is 22.3 Å². The van der Waals surface area contributed by atoms with Gasteiger partial charge in [0.05, 0.1) is 0 Å². The summed E-state index contributed by atoms with van der Waals surface area (Å²) in [7, 11) is 0. The van der Waals surface area contributed by atoms with Gasteiger partial charge in [0, 0.05) is 54.2 Å². The molecule has 2 heterocycles. The average Bonchev–Trinajstić information content (AvgIpc) is 1.50. The van der Waals surface area contributed by atoms with Crippen molar-refractivity contribution in [2.24, 2.45) is 5.41 Å². The Bertz CT molecular complexity index is 5380. The van der Waals surface area contributed by atoms with E-state index in [0.717, 1.165) is 35.2 Å². The lowest BCUT2D eigenvalue weighted by Crippen LogP contribution is -2.32. The predicted octanol–water partition coefficient (Wildman–Crippen LogP) is 29.9. The van der Waals surface area contributed by atoms with Crippen LogP contribution in [0.25, 0.3) is 99.5 Å². The van der Waals surface area contributed by atoms with Gasteiger partial charge in [-0.2, -0.15) is 0 Å². The lowest BCUT2D eigenvalue weighted by atomic mass is 9.63. The van der Waals surface area contributed by atoms with Gasteiger partial charge < -0.3 is 8.83 Å². The first kappa shape index (κ1) is 68.6. The highest BCUT2D eigenvalue weighted by Crippen LogP contribution is 2.70. The van der Waals surface area contributed by atoms with Crippen LogP contribution in [0.5, 0.6) is 0 Å². The maximum Gasteiger partial charge on any atom is 0.144 e. The maximum absolute atomic E-state index is 7.68. The van der Waals surface area contributed by atoms with Crippen LogP contribution in [-0.2, 0) is 39.9 Å². The van der Waals surface area contributed by atoms with E-state index in [-0.39, 0.29) is 38.4 Å². The standard InChI is InChI=1S/C103H112O2/c1-11-15-19-21-33-54-102-58-56-101(52-31-17-13-3,53-32-18-14-4)57-59-103(55-34-22-20-16-12-2)85-61-66(46-48-73(85)94-96(103)95(102)92(72-38-24-28-42-79(72)102)93-75-40-26-30-45-87(75)105-97(93)94)60-69(62-68-36-35-43-80-89(68)71-37-23-27-41-78(71)98(80,5)6)67-47-49-70-76-64-84-77(65-83(76)100(9,10)82(70)63-67)90-81(99(84,7)8)50-51-88-91(90)74-39-25-29-44-86(74)104-88/h23-30,35-51,61,63-65,69H,11-22,31-34,52-60,62H2,1-10H3. The lowest BCUT2D eigenvalue weighted by Gasteiger charge is -2.40. The highest BCUT2D eigenvalue weighted by molar-refractivity contribution is 6.21. The third kappa shape index (κ3) is 10.5. The molecule has 105 heavy (non-hydrogen) atoms. The normalized spacial score (nSPS) is 19.2. The Labute approximate surface area is 627 Å². The summed E-state index contributed by atoms with van der Waals surface area (Å²) in [5, 5.41) is 5.10. The molecule has 12 aromatic rings. The molecule has 18 rings (SSSR count). The minimum Gasteiger partial charge on any atom is -0.456 e. The summed E-state index contributed by atoms with van der Waals surface area (Å²) in [5.74, 6) is 0.189. The number of para-hydroxylation sites is 2. The van der Waals surface area contributed by atoms with Crippen molar-refractivity contribution in [2.75, 3.05) is 0 Å². The van der Waals surface area contributed by atoms with Gasteiger partial charge in [-0.1, -0.05) is 318 Å². The maximum atomic E-state index is 7.68. The van der Waals surface area contributed by atoms with Crippen molar-refractivity contribution in [2.45, 2.75) is 269 Å². The summed E-state index contributed by atoms with van der Waals surface area (Å²) < 4.78 is 14.3. The predicted molar refractivity (Wildman–Crippen MR) is 445 cm³/mol. The summed E-state index contributed by atoms with van der Waals surface area (Å²) >= 11 is 0. The van der Waals surface area contributed by atoms with E-state index in [2.05, 4.69) is 245 Å². The molecule has 6 aliphatic rings. The number of benzene rings is 10. The molecule has 536 valence electrons. The van der Waals surface area contributed by atoms with Crippen LogP contribution in [0.15, 0.2) is 185 Å². The largest absolute Gasteiger partial charge is 0.456 e. The molecule has 3 unspecified atom stereocenters. The van der Waals surface area contributed by atoms with Gasteiger partial charge in [-0.3, -0.25) is 0 Å². The molecule has 6 aliphatic carbocycles. The van der Waals surface area contributed by atoms with Gasteiger partial charge in [-0.15, -0.1) is 0 Å². The first-order valence-electron chi connectivity index (χ1n) is 41.9. The topological polar surface area (TPSA) is 26.3 Å². The Hall–Kier alpha value is -8.20. The second-order valence-electron chi connectivity index (χ2n) is 35.7. The molecule has 0 aliphatic heterocycles. The zero-order valence-electron chi connectivity index (χ0n) is 65.0. The first-order chi connectivity index (χ1) is 51.1. The van der Waals surface area contributed by atoms with E-state index in [1.807, 2.05) is 0 Å². The molecule has 0 bridgehead atoms. The Morgan fingerprint density at radius 1 is 0.324 bits per heavy atom. The molecule has 2 nitrogen and oxygen atoms in total. The van der Waals surface area contributed by atoms with E-state index in [9.17, 15) is 0 Å². The monoisotopic (exact) mass is 1380 g/mol. The van der Waals surface area contributed by atoms with Gasteiger partial charge >= 0.3 is 0 Å². The fraction of sp³-hybridized carbons (Fsp3) is 0.417. The summed E-state index contributed by atoms with van der Waals surface area (Å²) in [6.45, 7) is 24.5. The summed E-state index contributed by atoms with van der Waals surface area (Å²) in [5.41, 5.74) is 37.5. The van der Waals surface area contributed by atoms with E-state index in [1.165, 1.54) is 281 Å². The van der Waals surface area contributed by atoms with Crippen molar-refractivity contribution >= 4 is 43.9 Å². The van der Waals surface area contributed by atoms with Gasteiger partial charge in [0.2, 0.25) is 0 Å². The highest BCUT2D eigenvalue weighted by Gasteiger charge is 2.57. The quantitative estimate of drug-likeness (QED) is 0.0533. The molecule has 0 N–H and O–H groups in total. The summed E-state index contributed by atoms with van der Waals surface area (Å²) in [6.07, 6.45) is 32.6. The molecule has 2 heteroatoms. The fourth-order valence-electron chi connectivity index (χ4n) is 23.1. The van der Waals surface area contributed by atoms with Crippen LogP contribution in [-0.4, -0.2) is 0 Å². The molecule has 0 saturated carbocycles. The van der Waals surface area contributed by atoms with Crippen molar-refractivity contribution in [3.8, 4) is 55.6 Å². The van der Waals surface area contributed by atoms with Crippen LogP contribution < -0.4 is 0 Å². The van der Waals surface area contributed by atoms with Crippen molar-refractivity contribution in [3.05, 3.63) is 248 Å². The number of unbranched alkanes of at least 4 members (excludes halogenated alkanes) is 12. The van der Waals surface area contributed by atoms with E-state index in [0.29, 0.717) is 0 Å². The number of hydrogen-bond donors (Lipinski definition) is 0. The Balaban J connectivity index is 0.841. The van der Waals surface area contributed by atoms with Gasteiger partial charge in [0.1, 0.15) is 22.3 Å². The summed E-state index contributed by atoms with van der Waals surface area (Å²) in [6, 6.07) is 70.3. The molecule has 0 saturated heterocycles. The minimum atomic E-state index is -0.245. The fourth-order valence-corrected chi connectivity index (χ4v) is 23.1. The lowest BCUT2D eigenvalue weighted by molar-refractivity contribution is 0.154. The van der Waals surface area contributed by atoms with E-state index < -0.39 is 0 Å². The van der Waals surface area contributed by atoms with Crippen molar-refractivity contribution in [1.29, 1.82) is 0 Å². The van der Waals surface area contributed by atoms with Crippen LogP contribution >= 0.6 is 0 Å². The first-order valence-corrected chi connectivity index (χ1v) is 41.9. The molecule has 10 aromatic carbocycles. The van der Waals surface area contributed by atoms with E-state index in [4.69, 9.17) is 8.83 Å². The van der Waals surface area contributed by atoms with Crippen LogP contribution in [0.4, 0.5) is 0 Å². The molecule has 2 aromatic heterocycles. The molecular formula is C103H112O2. The number of hydrogen-bond acceptors (Lipinski definition) is 2. The molecular weight excluding hydrogens is 1270 g/mol. The van der Waals surface area contributed by atoms with Crippen LogP contribution in [0, 0.1) is 5.41 Å². The van der Waals surface area contributed by atoms with Gasteiger partial charge in [-0.05, 0) is 228 Å². The Kier molecular flexibility index (Phi) is 17.2. The second kappa shape index (κ2) is 26.3. The molecule has 0 fully saturated rings. The van der Waals surface area contributed by atoms with Gasteiger partial charge in [0.15, 0.2) is 0 Å². The Morgan fingerprint density at radius 2 is 0.838 bits per heavy atom. The number of furan rings is 2. The zero-order chi connectivity index (χ0) is 71.8. The van der Waals surface area contributed by atoms with Crippen molar-refractivity contribution in [3.63, 3.8) is 0 Å². The zero-order valence-corrected chi connectivity index (χ0v) is 65.0. The molecule has 3 atom stereocenters. The third-order valence-corrected chi connectivity index (χ3v) is 28.7. The minimum absolute atomic E-state index is 0.0913. The second-order valence-corrected chi connectivity index (χ2v) is 35.7. The summed E-state index contributed by atoms with van der Waals surface area (Å²) in [4.78, 5) is 0. The van der Waals surface area contributed by atoms with Crippen LogP contribution in [0.3, 0.4) is 0 Å². The smallest absolute Gasteiger partial charge is 0.144 e. The molecule has 0 spiro atoms. The van der Waals surface area contributed by atoms with Crippen LogP contribution in [0.2, 0.25) is 0 Å². The van der Waals surface area contributed by atoms with Crippen molar-refractivity contribution in [1.82, 2.24) is 0 Å². The van der Waals surface area contributed by atoms with Gasteiger partial charge in [0.25, 0.3) is 0 Å². The average molecular weight is 1380 g/mol. The van der Waals surface area contributed by atoms with E-state index >= 15 is 0 Å². The van der Waals surface area contributed by atoms with Gasteiger partial charge in [-0.25, -0.2) is 0 Å². The number of rotatable bonds is 25.